The van der Waals surface area contributed by atoms with Gasteiger partial charge in [-0.05, 0) is 34.3 Å². The maximum atomic E-state index is 4.05. The van der Waals surface area contributed by atoms with E-state index in [1.807, 2.05) is 24.6 Å². The molecule has 1 nitrogen and oxygen atoms in total. The van der Waals surface area contributed by atoms with Gasteiger partial charge in [-0.1, -0.05) is 13.3 Å². The van der Waals surface area contributed by atoms with Crippen molar-refractivity contribution < 1.29 is 18.9 Å². The normalized spacial score (nSPS) is 8.29. The summed E-state index contributed by atoms with van der Waals surface area (Å²) in [6, 6.07) is 3.97. The molecule has 0 radical (unpaired) electrons. The molecule has 14 heavy (non-hydrogen) atoms. The fourth-order valence-electron chi connectivity index (χ4n) is 0.483. The van der Waals surface area contributed by atoms with Crippen molar-refractivity contribution in [2.24, 2.45) is 0 Å². The van der Waals surface area contributed by atoms with Crippen LogP contribution in [0.1, 0.15) is 19.8 Å². The molecule has 1 heterocycles. The SMILES string of the molecule is CSc1ccc(Br)nc1.[CH2-]CCC.[Li+]. The summed E-state index contributed by atoms with van der Waals surface area (Å²) in [5.74, 6) is 0. The average Bonchev–Trinajstić information content (AvgIpc) is 2.19. The molecule has 0 saturated heterocycles. The van der Waals surface area contributed by atoms with Crippen molar-refractivity contribution in [2.45, 2.75) is 24.7 Å². The average molecular weight is 268 g/mol. The summed E-state index contributed by atoms with van der Waals surface area (Å²) >= 11 is 4.95. The number of unbranched alkanes of at least 4 members (excludes halogenated alkanes) is 1. The van der Waals surface area contributed by atoms with E-state index in [4.69, 9.17) is 0 Å². The van der Waals surface area contributed by atoms with Crippen molar-refractivity contribution >= 4 is 27.7 Å². The predicted octanol–water partition coefficient (Wildman–Crippen LogP) is 1.19. The van der Waals surface area contributed by atoms with Crippen LogP contribution in [0.2, 0.25) is 0 Å². The molecular formula is C10H15BrLiNS. The molecule has 0 saturated carbocycles. The van der Waals surface area contributed by atoms with Gasteiger partial charge in [0, 0.05) is 11.1 Å². The molecule has 0 spiro atoms. The standard InChI is InChI=1S/C6H6BrNS.C4H9.Li/c1-9-5-2-3-6(7)8-4-5;1-3-4-2;/h2-4H,1H3;1,3-4H2,2H3;/q;-1;+1. The summed E-state index contributed by atoms with van der Waals surface area (Å²) in [5.41, 5.74) is 0. The maximum Gasteiger partial charge on any atom is 1.00 e. The minimum Gasteiger partial charge on any atom is -0.343 e. The molecule has 74 valence electrons. The second kappa shape index (κ2) is 11.7. The number of aromatic nitrogens is 1. The Hall–Kier alpha value is 0.577. The second-order valence-corrected chi connectivity index (χ2v) is 4.07. The van der Waals surface area contributed by atoms with E-state index in [2.05, 4.69) is 34.8 Å². The van der Waals surface area contributed by atoms with E-state index >= 15 is 0 Å². The Kier molecular flexibility index (Phi) is 14.1. The molecule has 0 amide bonds. The van der Waals surface area contributed by atoms with Crippen LogP contribution in [0, 0.1) is 6.92 Å². The predicted molar refractivity (Wildman–Crippen MR) is 64.0 cm³/mol. The van der Waals surface area contributed by atoms with E-state index in [0.717, 1.165) is 11.0 Å². The smallest absolute Gasteiger partial charge is 0.343 e. The van der Waals surface area contributed by atoms with E-state index in [9.17, 15) is 0 Å². The maximum absolute atomic E-state index is 4.05. The summed E-state index contributed by atoms with van der Waals surface area (Å²) in [7, 11) is 0. The van der Waals surface area contributed by atoms with Crippen molar-refractivity contribution in [3.63, 3.8) is 0 Å². The molecule has 0 N–H and O–H groups in total. The minimum atomic E-state index is 0. The third-order valence-electron chi connectivity index (χ3n) is 1.29. The topological polar surface area (TPSA) is 12.9 Å². The second-order valence-electron chi connectivity index (χ2n) is 2.37. The van der Waals surface area contributed by atoms with Crippen LogP contribution in [0.3, 0.4) is 0 Å². The van der Waals surface area contributed by atoms with Crippen molar-refractivity contribution in [1.82, 2.24) is 4.98 Å². The molecule has 0 aliphatic rings. The zero-order valence-corrected chi connectivity index (χ0v) is 11.5. The van der Waals surface area contributed by atoms with Crippen molar-refractivity contribution in [3.05, 3.63) is 29.9 Å². The molecule has 0 fully saturated rings. The number of hydrogen-bond acceptors (Lipinski definition) is 2. The first kappa shape index (κ1) is 17.0. The van der Waals surface area contributed by atoms with Crippen LogP contribution in [0.5, 0.6) is 0 Å². The van der Waals surface area contributed by atoms with Crippen LogP contribution in [-0.4, -0.2) is 11.2 Å². The fraction of sp³-hybridized carbons (Fsp3) is 0.400. The first-order valence-corrected chi connectivity index (χ1v) is 6.21. The van der Waals surface area contributed by atoms with Crippen LogP contribution >= 0.6 is 27.7 Å². The fourth-order valence-corrected chi connectivity index (χ4v) is 1.08. The third kappa shape index (κ3) is 9.14. The number of pyridine rings is 1. The largest absolute Gasteiger partial charge is 1.00 e. The Morgan fingerprint density at radius 1 is 1.50 bits per heavy atom. The first-order chi connectivity index (χ1) is 6.24. The van der Waals surface area contributed by atoms with Crippen LogP contribution < -0.4 is 18.9 Å². The van der Waals surface area contributed by atoms with E-state index in [1.54, 1.807) is 11.8 Å². The zero-order chi connectivity index (χ0) is 10.1. The summed E-state index contributed by atoms with van der Waals surface area (Å²) in [6.07, 6.45) is 6.15. The number of rotatable bonds is 2. The molecule has 1 aromatic heterocycles. The minimum absolute atomic E-state index is 0. The van der Waals surface area contributed by atoms with Crippen LogP contribution in [0.4, 0.5) is 0 Å². The van der Waals surface area contributed by atoms with Gasteiger partial charge in [-0.3, -0.25) is 0 Å². The number of thioether (sulfide) groups is 1. The molecule has 1 aromatic rings. The molecule has 4 heteroatoms. The molecule has 0 atom stereocenters. The monoisotopic (exact) mass is 267 g/mol. The van der Waals surface area contributed by atoms with Crippen LogP contribution in [0.15, 0.2) is 27.8 Å². The third-order valence-corrected chi connectivity index (χ3v) is 2.47. The van der Waals surface area contributed by atoms with Gasteiger partial charge < -0.3 is 6.92 Å². The quantitative estimate of drug-likeness (QED) is 0.346. The van der Waals surface area contributed by atoms with E-state index in [1.165, 1.54) is 11.3 Å². The Morgan fingerprint density at radius 2 is 2.07 bits per heavy atom. The Bertz CT molecular complexity index is 214. The van der Waals surface area contributed by atoms with Gasteiger partial charge in [-0.25, -0.2) is 4.98 Å². The molecule has 0 unspecified atom stereocenters. The summed E-state index contributed by atoms with van der Waals surface area (Å²) in [5, 5.41) is 0. The van der Waals surface area contributed by atoms with Crippen molar-refractivity contribution in [2.75, 3.05) is 6.26 Å². The molecule has 0 aromatic carbocycles. The van der Waals surface area contributed by atoms with E-state index in [0.29, 0.717) is 0 Å². The summed E-state index contributed by atoms with van der Waals surface area (Å²) in [4.78, 5) is 5.24. The van der Waals surface area contributed by atoms with Gasteiger partial charge in [0.15, 0.2) is 0 Å². The molecule has 0 aliphatic carbocycles. The first-order valence-electron chi connectivity index (χ1n) is 4.19. The van der Waals surface area contributed by atoms with Gasteiger partial charge in [0.1, 0.15) is 4.60 Å². The number of hydrogen-bond donors (Lipinski definition) is 0. The Morgan fingerprint density at radius 3 is 2.36 bits per heavy atom. The summed E-state index contributed by atoms with van der Waals surface area (Å²) < 4.78 is 0.889. The van der Waals surface area contributed by atoms with Gasteiger partial charge in [-0.2, -0.15) is 6.42 Å². The Balaban J connectivity index is 0. The van der Waals surface area contributed by atoms with Crippen molar-refractivity contribution in [1.29, 1.82) is 0 Å². The van der Waals surface area contributed by atoms with Crippen LogP contribution in [-0.2, 0) is 0 Å². The van der Waals surface area contributed by atoms with Crippen molar-refractivity contribution in [3.8, 4) is 0 Å². The van der Waals surface area contributed by atoms with Crippen LogP contribution in [0.25, 0.3) is 0 Å². The summed E-state index contributed by atoms with van der Waals surface area (Å²) in [6.45, 7) is 5.72. The van der Waals surface area contributed by atoms with E-state index in [-0.39, 0.29) is 18.9 Å². The van der Waals surface area contributed by atoms with Gasteiger partial charge in [0.05, 0.1) is 0 Å². The molecule has 1 rings (SSSR count). The molecular weight excluding hydrogens is 253 g/mol. The van der Waals surface area contributed by atoms with Gasteiger partial charge in [0.2, 0.25) is 0 Å². The van der Waals surface area contributed by atoms with Gasteiger partial charge in [0.25, 0.3) is 0 Å². The molecule has 0 aliphatic heterocycles. The zero-order valence-electron chi connectivity index (χ0n) is 9.09. The number of halogens is 1. The van der Waals surface area contributed by atoms with Gasteiger partial charge in [-0.15, -0.1) is 11.8 Å². The molecule has 0 bridgehead atoms. The number of nitrogens with zero attached hydrogens (tertiary/aromatic N) is 1. The van der Waals surface area contributed by atoms with Gasteiger partial charge >= 0.3 is 18.9 Å². The Labute approximate surface area is 112 Å². The van der Waals surface area contributed by atoms with E-state index < -0.39 is 0 Å².